The van der Waals surface area contributed by atoms with Crippen molar-refractivity contribution in [2.45, 2.75) is 82.4 Å². The molecule has 0 aliphatic carbocycles. The molecule has 74 heavy (non-hydrogen) atoms. The number of rotatable bonds is 8. The van der Waals surface area contributed by atoms with Crippen molar-refractivity contribution < 1.29 is 19.0 Å². The van der Waals surface area contributed by atoms with Gasteiger partial charge in [-0.15, -0.1) is 9.36 Å². The van der Waals surface area contributed by atoms with Gasteiger partial charge in [0.05, 0.1) is 14.1 Å². The summed E-state index contributed by atoms with van der Waals surface area (Å²) in [5.41, 5.74) is 12.3. The fourth-order valence-corrected chi connectivity index (χ4v) is 11.3. The van der Waals surface area contributed by atoms with Crippen molar-refractivity contribution in [2.75, 3.05) is 19.6 Å². The Balaban J connectivity index is 0.000000144. The second kappa shape index (κ2) is 26.0. The van der Waals surface area contributed by atoms with Gasteiger partial charge in [-0.2, -0.15) is 9.36 Å². The predicted octanol–water partition coefficient (Wildman–Crippen LogP) is 14.5. The van der Waals surface area contributed by atoms with Gasteiger partial charge in [0.15, 0.2) is 14.1 Å². The zero-order valence-corrected chi connectivity index (χ0v) is 46.5. The van der Waals surface area contributed by atoms with E-state index in [1.807, 2.05) is 58.3 Å². The smallest absolute Gasteiger partial charge is 0.282 e. The van der Waals surface area contributed by atoms with Gasteiger partial charge in [-0.3, -0.25) is 9.59 Å². The number of thioether (sulfide) groups is 1. The van der Waals surface area contributed by atoms with Crippen LogP contribution in [0.4, 0.5) is 9.59 Å². The van der Waals surface area contributed by atoms with Crippen molar-refractivity contribution in [1.82, 2.24) is 19.2 Å². The lowest BCUT2D eigenvalue weighted by Gasteiger charge is -2.44. The number of nitrogens with zero attached hydrogens (tertiary/aromatic N) is 6. The predicted molar refractivity (Wildman–Crippen MR) is 311 cm³/mol. The van der Waals surface area contributed by atoms with Crippen LogP contribution in [0, 0.1) is 0 Å². The molecule has 2 saturated heterocycles. The molecule has 0 saturated carbocycles. The Morgan fingerprint density at radius 3 is 1.27 bits per heavy atom. The Bertz CT molecular complexity index is 2740. The van der Waals surface area contributed by atoms with Crippen LogP contribution in [0.5, 0.6) is 0 Å². The summed E-state index contributed by atoms with van der Waals surface area (Å²) >= 11 is 5.48. The van der Waals surface area contributed by atoms with Crippen LogP contribution < -0.4 is 9.36 Å². The van der Waals surface area contributed by atoms with Crippen LogP contribution in [0.15, 0.2) is 194 Å². The maximum absolute atomic E-state index is 12.3. The number of carbonyl (C=O) groups excluding carboxylic acids is 2. The topological polar surface area (TPSA) is 58.2 Å². The molecule has 0 N–H and O–H groups in total. The second-order valence-corrected chi connectivity index (χ2v) is 22.2. The third-order valence-electron chi connectivity index (χ3n) is 14.6. The standard InChI is InChI=1S/2C17H17N2.2C15H21NOS/c2*1-18-16(14-9-5-3-6-10-14)13-17(19(18)2)15-11-7-4-8-12-15;1-15(2,13-9-5-3-6-10-13)18-14(17)16-11-7-4-8-12-16;1-15(2,12-8-4-3-5-9-12)13-10-6-7-11-16(13)14(17)18/h2*3-13H,1-2H3;3,5-6,9-10H,4,7-8,11-12H2,1-2H3;3-5,8-9,13H,6-7,10-11H2,1-2H3,(H,17,18)/q2*+1;;/t;;;13-/m...0/s1. The Morgan fingerprint density at radius 1 is 0.500 bits per heavy atom. The van der Waals surface area contributed by atoms with Gasteiger partial charge in [-0.1, -0.05) is 196 Å². The number of likely N-dealkylation sites (tertiary alicyclic amines) is 2. The van der Waals surface area contributed by atoms with E-state index in [1.54, 1.807) is 0 Å². The summed E-state index contributed by atoms with van der Waals surface area (Å²) in [5, 5.41) is 0.132. The highest BCUT2D eigenvalue weighted by Crippen LogP contribution is 2.38. The van der Waals surface area contributed by atoms with Gasteiger partial charge in [0.25, 0.3) is 10.5 Å². The zero-order chi connectivity index (χ0) is 52.7. The summed E-state index contributed by atoms with van der Waals surface area (Å²) in [4.78, 5) is 27.9. The molecule has 8 aromatic rings. The lowest BCUT2D eigenvalue weighted by Crippen LogP contribution is -2.51. The Morgan fingerprint density at radius 2 is 0.865 bits per heavy atom. The fraction of sp³-hybridized carbons (Fsp3) is 0.312. The van der Waals surface area contributed by atoms with E-state index in [0.717, 1.165) is 45.3 Å². The monoisotopic (exact) mass is 1020 g/mol. The van der Waals surface area contributed by atoms with Gasteiger partial charge in [0, 0.05) is 70.2 Å². The summed E-state index contributed by atoms with van der Waals surface area (Å²) in [7, 11) is 8.37. The highest BCUT2D eigenvalue weighted by molar-refractivity contribution is 8.14. The third kappa shape index (κ3) is 13.9. The largest absolute Gasteiger partial charge is 0.334 e. The molecule has 2 aliphatic rings. The maximum atomic E-state index is 12.3. The van der Waals surface area contributed by atoms with Crippen LogP contribution in [0.3, 0.4) is 0 Å². The molecule has 10 rings (SSSR count). The molecule has 0 bridgehead atoms. The van der Waals surface area contributed by atoms with Crippen LogP contribution in [0.25, 0.3) is 45.0 Å². The lowest BCUT2D eigenvalue weighted by molar-refractivity contribution is -0.740. The summed E-state index contributed by atoms with van der Waals surface area (Å²) in [5.74, 6) is 0. The normalized spacial score (nSPS) is 14.6. The molecule has 384 valence electrons. The molecule has 2 amide bonds. The third-order valence-corrected chi connectivity index (χ3v) is 16.1. The Hall–Kier alpha value is -6.62. The molecule has 1 atom stereocenters. The number of benzene rings is 6. The van der Waals surface area contributed by atoms with E-state index >= 15 is 0 Å². The molecule has 10 heteroatoms. The van der Waals surface area contributed by atoms with Crippen molar-refractivity contribution in [3.63, 3.8) is 0 Å². The second-order valence-electron chi connectivity index (χ2n) is 20.3. The van der Waals surface area contributed by atoms with Crippen molar-refractivity contribution in [3.8, 4) is 45.0 Å². The molecule has 2 aromatic heterocycles. The van der Waals surface area contributed by atoms with Gasteiger partial charge >= 0.3 is 0 Å². The van der Waals surface area contributed by atoms with Gasteiger partial charge in [-0.05, 0) is 87.8 Å². The average Bonchev–Trinajstić information content (AvgIpc) is 3.92. The van der Waals surface area contributed by atoms with Crippen molar-refractivity contribution >= 4 is 34.9 Å². The number of hydrogen-bond donors (Lipinski definition) is 1. The number of amides is 2. The SMILES string of the molecule is CC(C)(SC(=O)N1CCCCC1)c1ccccc1.CC(C)(c1ccccc1)[C@@H]1CCCCN1C(=O)S.Cn1c(-c2ccccc2)cc(-c2ccccc2)[n+]1C.Cn1c(-c2ccccc2)cc(-c2ccccc2)[n+]1C. The Labute approximate surface area is 451 Å². The van der Waals surface area contributed by atoms with Gasteiger partial charge in [-0.25, -0.2) is 0 Å². The highest BCUT2D eigenvalue weighted by atomic mass is 32.2. The van der Waals surface area contributed by atoms with E-state index in [4.69, 9.17) is 0 Å². The molecule has 2 aliphatic heterocycles. The molecule has 6 aromatic carbocycles. The van der Waals surface area contributed by atoms with Gasteiger partial charge < -0.3 is 9.80 Å². The van der Waals surface area contributed by atoms with E-state index in [1.165, 1.54) is 80.8 Å². The van der Waals surface area contributed by atoms with Crippen molar-refractivity contribution in [3.05, 3.63) is 205 Å². The van der Waals surface area contributed by atoms with Crippen molar-refractivity contribution in [2.24, 2.45) is 28.2 Å². The molecule has 0 unspecified atom stereocenters. The summed E-state index contributed by atoms with van der Waals surface area (Å²) < 4.78 is 8.56. The minimum absolute atomic E-state index is 0.0277. The first kappa shape index (κ1) is 55.1. The first-order valence-corrected chi connectivity index (χ1v) is 27.4. The number of hydrogen-bond acceptors (Lipinski definition) is 3. The van der Waals surface area contributed by atoms with E-state index in [9.17, 15) is 9.59 Å². The quantitative estimate of drug-likeness (QED) is 0.122. The minimum Gasteiger partial charge on any atom is -0.334 e. The molecule has 0 radical (unpaired) electrons. The number of piperidine rings is 2. The minimum atomic E-state index is -0.157. The van der Waals surface area contributed by atoms with Crippen molar-refractivity contribution in [1.29, 1.82) is 0 Å². The van der Waals surface area contributed by atoms with E-state index in [-0.39, 0.29) is 26.7 Å². The molecular formula is C64H76N6O2S2+2. The van der Waals surface area contributed by atoms with E-state index in [0.29, 0.717) is 0 Å². The van der Waals surface area contributed by atoms with Crippen LogP contribution in [0.1, 0.15) is 77.3 Å². The number of aromatic nitrogens is 4. The fourth-order valence-electron chi connectivity index (χ4n) is 10.0. The van der Waals surface area contributed by atoms with Gasteiger partial charge in [0.2, 0.25) is 11.4 Å². The Kier molecular flexibility index (Phi) is 19.4. The molecule has 4 heterocycles. The van der Waals surface area contributed by atoms with Crippen LogP contribution in [0.2, 0.25) is 0 Å². The summed E-state index contributed by atoms with van der Waals surface area (Å²) in [6.07, 6.45) is 6.91. The highest BCUT2D eigenvalue weighted by Gasteiger charge is 2.38. The molecular weight excluding hydrogens is 949 g/mol. The number of thiol groups is 1. The molecule has 8 nitrogen and oxygen atoms in total. The maximum Gasteiger partial charge on any atom is 0.282 e. The van der Waals surface area contributed by atoms with Crippen LogP contribution in [-0.4, -0.2) is 55.3 Å². The number of carbonyl (C=O) groups is 2. The summed E-state index contributed by atoms with van der Waals surface area (Å²) in [6, 6.07) is 67.4. The molecule has 2 fully saturated rings. The van der Waals surface area contributed by atoms with Gasteiger partial charge in [0.1, 0.15) is 11.4 Å². The van der Waals surface area contributed by atoms with E-state index < -0.39 is 0 Å². The van der Waals surface area contributed by atoms with Crippen LogP contribution >= 0.6 is 24.4 Å². The average molecular weight is 1030 g/mol. The first-order valence-electron chi connectivity index (χ1n) is 26.1. The first-order chi connectivity index (χ1) is 35.7. The zero-order valence-electron chi connectivity index (χ0n) is 44.8. The molecule has 0 spiro atoms. The van der Waals surface area contributed by atoms with Crippen LogP contribution in [-0.2, 0) is 38.4 Å². The summed E-state index contributed by atoms with van der Waals surface area (Å²) in [6.45, 7) is 11.4. The van der Waals surface area contributed by atoms with E-state index in [2.05, 4.69) is 233 Å². The lowest BCUT2D eigenvalue weighted by atomic mass is 9.74.